The van der Waals surface area contributed by atoms with Crippen molar-refractivity contribution in [3.05, 3.63) is 34.3 Å². The summed E-state index contributed by atoms with van der Waals surface area (Å²) in [6.07, 6.45) is 1.02. The second-order valence-corrected chi connectivity index (χ2v) is 4.49. The van der Waals surface area contributed by atoms with Crippen LogP contribution in [0.1, 0.15) is 18.9 Å². The molecule has 78 valence electrons. The van der Waals surface area contributed by atoms with Gasteiger partial charge in [0, 0.05) is 17.1 Å². The molecule has 3 N–H and O–H groups in total. The molecule has 0 aliphatic rings. The van der Waals surface area contributed by atoms with Gasteiger partial charge in [-0.2, -0.15) is 0 Å². The molecule has 0 aliphatic heterocycles. The second-order valence-electron chi connectivity index (χ2n) is 3.57. The Morgan fingerprint density at radius 1 is 1.50 bits per heavy atom. The number of nitrogens with two attached hydrogens (primary N) is 1. The lowest BCUT2D eigenvalue weighted by Gasteiger charge is -2.07. The Morgan fingerprint density at radius 3 is 2.93 bits per heavy atom. The second kappa shape index (κ2) is 6.17. The maximum atomic E-state index is 5.65. The highest BCUT2D eigenvalue weighted by molar-refractivity contribution is 9.10. The number of nitrogens with one attached hydrogen (secondary N) is 1. The van der Waals surface area contributed by atoms with Crippen LogP contribution in [0.3, 0.4) is 0 Å². The Labute approximate surface area is 94.0 Å². The van der Waals surface area contributed by atoms with Crippen LogP contribution in [0.2, 0.25) is 0 Å². The van der Waals surface area contributed by atoms with Gasteiger partial charge < -0.3 is 11.1 Å². The molecule has 0 saturated carbocycles. The number of hydrogen-bond acceptors (Lipinski definition) is 2. The Bertz CT molecular complexity index is 274. The van der Waals surface area contributed by atoms with Crippen molar-refractivity contribution in [3.8, 4) is 0 Å². The molecule has 0 saturated heterocycles. The first kappa shape index (κ1) is 11.7. The van der Waals surface area contributed by atoms with E-state index in [2.05, 4.69) is 33.4 Å². The Balaban J connectivity index is 2.25. The molecule has 14 heavy (non-hydrogen) atoms. The standard InChI is InChI=1S/C11H17BrN2/c1-9(13)5-6-14-8-10-3-2-4-11(12)7-10/h2-4,7,9,14H,5-6,8,13H2,1H3. The van der Waals surface area contributed by atoms with Gasteiger partial charge in [-0.05, 0) is 37.6 Å². The summed E-state index contributed by atoms with van der Waals surface area (Å²) in [6, 6.07) is 8.60. The summed E-state index contributed by atoms with van der Waals surface area (Å²) < 4.78 is 1.13. The third kappa shape index (κ3) is 4.74. The van der Waals surface area contributed by atoms with Crippen LogP contribution in [-0.4, -0.2) is 12.6 Å². The topological polar surface area (TPSA) is 38.0 Å². The SMILES string of the molecule is CC(N)CCNCc1cccc(Br)c1. The van der Waals surface area contributed by atoms with Crippen molar-refractivity contribution in [3.63, 3.8) is 0 Å². The van der Waals surface area contributed by atoms with Crippen LogP contribution < -0.4 is 11.1 Å². The molecule has 1 aromatic carbocycles. The molecule has 0 aliphatic carbocycles. The molecular formula is C11H17BrN2. The highest BCUT2D eigenvalue weighted by Crippen LogP contribution is 2.11. The third-order valence-electron chi connectivity index (χ3n) is 1.99. The van der Waals surface area contributed by atoms with Gasteiger partial charge in [0.15, 0.2) is 0 Å². The summed E-state index contributed by atoms with van der Waals surface area (Å²) >= 11 is 3.45. The number of rotatable bonds is 5. The molecule has 0 fully saturated rings. The third-order valence-corrected chi connectivity index (χ3v) is 2.49. The first-order valence-electron chi connectivity index (χ1n) is 4.89. The van der Waals surface area contributed by atoms with E-state index in [9.17, 15) is 0 Å². The van der Waals surface area contributed by atoms with Gasteiger partial charge in [-0.1, -0.05) is 28.1 Å². The first-order chi connectivity index (χ1) is 6.68. The summed E-state index contributed by atoms with van der Waals surface area (Å²) in [5, 5.41) is 3.36. The van der Waals surface area contributed by atoms with E-state index in [1.54, 1.807) is 0 Å². The van der Waals surface area contributed by atoms with Crippen LogP contribution in [0.15, 0.2) is 28.7 Å². The van der Waals surface area contributed by atoms with E-state index in [1.807, 2.05) is 19.1 Å². The molecule has 0 aromatic heterocycles. The fourth-order valence-electron chi connectivity index (χ4n) is 1.21. The summed E-state index contributed by atoms with van der Waals surface area (Å²) in [4.78, 5) is 0. The van der Waals surface area contributed by atoms with Crippen molar-refractivity contribution >= 4 is 15.9 Å². The minimum absolute atomic E-state index is 0.282. The highest BCUT2D eigenvalue weighted by atomic mass is 79.9. The molecule has 3 heteroatoms. The van der Waals surface area contributed by atoms with E-state index in [-0.39, 0.29) is 6.04 Å². The minimum Gasteiger partial charge on any atom is -0.328 e. The Morgan fingerprint density at radius 2 is 2.29 bits per heavy atom. The molecule has 1 rings (SSSR count). The van der Waals surface area contributed by atoms with Crippen molar-refractivity contribution in [2.45, 2.75) is 25.9 Å². The van der Waals surface area contributed by atoms with Crippen LogP contribution in [-0.2, 0) is 6.54 Å². The van der Waals surface area contributed by atoms with Gasteiger partial charge in [0.25, 0.3) is 0 Å². The fourth-order valence-corrected chi connectivity index (χ4v) is 1.66. The van der Waals surface area contributed by atoms with Gasteiger partial charge in [-0.25, -0.2) is 0 Å². The molecule has 1 unspecified atom stereocenters. The maximum absolute atomic E-state index is 5.65. The summed E-state index contributed by atoms with van der Waals surface area (Å²) in [6.45, 7) is 3.91. The lowest BCUT2D eigenvalue weighted by molar-refractivity contribution is 0.589. The van der Waals surface area contributed by atoms with E-state index < -0.39 is 0 Å². The van der Waals surface area contributed by atoms with E-state index in [1.165, 1.54) is 5.56 Å². The smallest absolute Gasteiger partial charge is 0.0205 e. The average molecular weight is 257 g/mol. The van der Waals surface area contributed by atoms with Crippen LogP contribution in [0, 0.1) is 0 Å². The quantitative estimate of drug-likeness (QED) is 0.794. The predicted molar refractivity (Wildman–Crippen MR) is 64.1 cm³/mol. The van der Waals surface area contributed by atoms with Crippen molar-refractivity contribution in [1.29, 1.82) is 0 Å². The van der Waals surface area contributed by atoms with Crippen LogP contribution >= 0.6 is 15.9 Å². The van der Waals surface area contributed by atoms with Crippen molar-refractivity contribution in [2.24, 2.45) is 5.73 Å². The first-order valence-corrected chi connectivity index (χ1v) is 5.68. The summed E-state index contributed by atoms with van der Waals surface area (Å²) in [7, 11) is 0. The normalized spacial score (nSPS) is 12.8. The van der Waals surface area contributed by atoms with Gasteiger partial charge in [0.05, 0.1) is 0 Å². The van der Waals surface area contributed by atoms with E-state index >= 15 is 0 Å². The maximum Gasteiger partial charge on any atom is 0.0205 e. The summed E-state index contributed by atoms with van der Waals surface area (Å²) in [5.41, 5.74) is 6.94. The Kier molecular flexibility index (Phi) is 5.15. The molecule has 1 atom stereocenters. The van der Waals surface area contributed by atoms with Gasteiger partial charge in [-0.15, -0.1) is 0 Å². The largest absolute Gasteiger partial charge is 0.328 e. The zero-order valence-corrected chi connectivity index (χ0v) is 10.0. The highest BCUT2D eigenvalue weighted by Gasteiger charge is 1.95. The molecule has 0 amide bonds. The van der Waals surface area contributed by atoms with E-state index in [0.29, 0.717) is 0 Å². The van der Waals surface area contributed by atoms with Gasteiger partial charge in [0.2, 0.25) is 0 Å². The fraction of sp³-hybridized carbons (Fsp3) is 0.455. The van der Waals surface area contributed by atoms with Crippen LogP contribution in [0.25, 0.3) is 0 Å². The molecule has 2 nitrogen and oxygen atoms in total. The Hall–Kier alpha value is -0.380. The van der Waals surface area contributed by atoms with Crippen molar-refractivity contribution in [1.82, 2.24) is 5.32 Å². The molecule has 0 radical (unpaired) electrons. The predicted octanol–water partition coefficient (Wildman–Crippen LogP) is 2.28. The molecule has 1 aromatic rings. The monoisotopic (exact) mass is 256 g/mol. The molecule has 0 bridgehead atoms. The average Bonchev–Trinajstić information content (AvgIpc) is 2.12. The molecule has 0 heterocycles. The molecular weight excluding hydrogens is 240 g/mol. The summed E-state index contributed by atoms with van der Waals surface area (Å²) in [5.74, 6) is 0. The van der Waals surface area contributed by atoms with Crippen LogP contribution in [0.5, 0.6) is 0 Å². The van der Waals surface area contributed by atoms with Gasteiger partial charge in [0.1, 0.15) is 0 Å². The molecule has 0 spiro atoms. The lowest BCUT2D eigenvalue weighted by atomic mass is 10.2. The van der Waals surface area contributed by atoms with Gasteiger partial charge in [-0.3, -0.25) is 0 Å². The number of halogens is 1. The van der Waals surface area contributed by atoms with Crippen molar-refractivity contribution in [2.75, 3.05) is 6.54 Å². The zero-order chi connectivity index (χ0) is 10.4. The van der Waals surface area contributed by atoms with E-state index in [4.69, 9.17) is 5.73 Å². The van der Waals surface area contributed by atoms with Gasteiger partial charge >= 0.3 is 0 Å². The van der Waals surface area contributed by atoms with Crippen LogP contribution in [0.4, 0.5) is 0 Å². The van der Waals surface area contributed by atoms with Crippen molar-refractivity contribution < 1.29 is 0 Å². The zero-order valence-electron chi connectivity index (χ0n) is 8.46. The lowest BCUT2D eigenvalue weighted by Crippen LogP contribution is -2.23. The number of benzene rings is 1. The minimum atomic E-state index is 0.282. The number of hydrogen-bond donors (Lipinski definition) is 2. The van der Waals surface area contributed by atoms with E-state index in [0.717, 1.165) is 24.0 Å².